The molecule has 0 bridgehead atoms. The molecule has 4 atom stereocenters. The molecule has 2 aliphatic rings. The molecule has 3 aromatic rings. The zero-order valence-electron chi connectivity index (χ0n) is 22.7. The number of aryl methyl sites for hydroxylation is 2. The molecule has 0 amide bonds. The molecule has 2 aliphatic heterocycles. The summed E-state index contributed by atoms with van der Waals surface area (Å²) in [7, 11) is 0. The van der Waals surface area contributed by atoms with E-state index in [1.54, 1.807) is 0 Å². The van der Waals surface area contributed by atoms with Crippen LogP contribution in [0.5, 0.6) is 0 Å². The Morgan fingerprint density at radius 3 is 2.47 bits per heavy atom. The SMILES string of the molecule is CCn1c(CN)[n+](CC)c2ccc(C3CCN(C[C@H](O)[C@@H](O)[C@H]4CCOC(c5ccccc5)O4)CC3)cc21. The Labute approximate surface area is 225 Å². The van der Waals surface area contributed by atoms with Crippen LogP contribution in [0.1, 0.15) is 62.3 Å². The summed E-state index contributed by atoms with van der Waals surface area (Å²) in [6, 6.07) is 16.6. The Morgan fingerprint density at radius 2 is 1.79 bits per heavy atom. The fourth-order valence-corrected chi connectivity index (χ4v) is 6.25. The van der Waals surface area contributed by atoms with Gasteiger partial charge in [0.2, 0.25) is 0 Å². The minimum absolute atomic E-state index is 0.443. The monoisotopic (exact) mass is 523 g/mol. The van der Waals surface area contributed by atoms with Crippen molar-refractivity contribution in [2.75, 3.05) is 26.2 Å². The van der Waals surface area contributed by atoms with Crippen LogP contribution >= 0.6 is 0 Å². The van der Waals surface area contributed by atoms with Crippen LogP contribution < -0.4 is 10.3 Å². The number of fused-ring (bicyclic) bond motifs is 1. The number of rotatable bonds is 9. The summed E-state index contributed by atoms with van der Waals surface area (Å²) >= 11 is 0. The summed E-state index contributed by atoms with van der Waals surface area (Å²) in [5.41, 5.74) is 10.9. The average molecular weight is 524 g/mol. The molecule has 0 radical (unpaired) electrons. The first-order chi connectivity index (χ1) is 18.5. The van der Waals surface area contributed by atoms with Gasteiger partial charge in [0.1, 0.15) is 6.10 Å². The van der Waals surface area contributed by atoms with Gasteiger partial charge in [-0.1, -0.05) is 36.4 Å². The van der Waals surface area contributed by atoms with Crippen molar-refractivity contribution in [2.45, 2.75) is 83.3 Å². The summed E-state index contributed by atoms with van der Waals surface area (Å²) in [4.78, 5) is 2.27. The van der Waals surface area contributed by atoms with Gasteiger partial charge in [0.25, 0.3) is 5.82 Å². The highest BCUT2D eigenvalue weighted by molar-refractivity contribution is 5.73. The van der Waals surface area contributed by atoms with E-state index in [1.165, 1.54) is 22.4 Å². The molecule has 2 aromatic carbocycles. The lowest BCUT2D eigenvalue weighted by molar-refractivity contribution is -0.676. The number of imidazole rings is 1. The van der Waals surface area contributed by atoms with Crippen LogP contribution in [0.2, 0.25) is 0 Å². The molecular weight excluding hydrogens is 480 g/mol. The van der Waals surface area contributed by atoms with E-state index in [0.29, 0.717) is 32.0 Å². The van der Waals surface area contributed by atoms with Crippen LogP contribution in [0.25, 0.3) is 11.0 Å². The lowest BCUT2D eigenvalue weighted by atomic mass is 9.89. The highest BCUT2D eigenvalue weighted by atomic mass is 16.7. The van der Waals surface area contributed by atoms with Crippen LogP contribution in [0, 0.1) is 0 Å². The summed E-state index contributed by atoms with van der Waals surface area (Å²) in [6.07, 6.45) is -0.150. The number of likely N-dealkylation sites (tertiary alicyclic amines) is 1. The van der Waals surface area contributed by atoms with Gasteiger partial charge >= 0.3 is 0 Å². The van der Waals surface area contributed by atoms with Crippen LogP contribution in [0.15, 0.2) is 48.5 Å². The predicted octanol–water partition coefficient (Wildman–Crippen LogP) is 2.83. The fourth-order valence-electron chi connectivity index (χ4n) is 6.25. The van der Waals surface area contributed by atoms with Crippen molar-refractivity contribution in [3.05, 3.63) is 65.5 Å². The van der Waals surface area contributed by atoms with Crippen molar-refractivity contribution >= 4 is 11.0 Å². The molecule has 1 unspecified atom stereocenters. The topological polar surface area (TPSA) is 97.0 Å². The third kappa shape index (κ3) is 5.52. The Kier molecular flexibility index (Phi) is 8.77. The minimum atomic E-state index is -0.950. The van der Waals surface area contributed by atoms with Gasteiger partial charge in [-0.2, -0.15) is 0 Å². The molecular formula is C30H43N4O4+. The number of hydrogen-bond acceptors (Lipinski definition) is 6. The maximum atomic E-state index is 10.9. The van der Waals surface area contributed by atoms with Crippen LogP contribution in [-0.2, 0) is 29.1 Å². The van der Waals surface area contributed by atoms with E-state index in [2.05, 4.69) is 46.1 Å². The number of benzene rings is 2. The van der Waals surface area contributed by atoms with Gasteiger partial charge in [-0.15, -0.1) is 0 Å². The maximum absolute atomic E-state index is 10.9. The smallest absolute Gasteiger partial charge is 0.271 e. The normalized spacial score (nSPS) is 23.1. The van der Waals surface area contributed by atoms with E-state index in [-0.39, 0.29) is 0 Å². The molecule has 0 saturated carbocycles. The molecule has 0 aliphatic carbocycles. The maximum Gasteiger partial charge on any atom is 0.271 e. The van der Waals surface area contributed by atoms with Gasteiger partial charge in [0, 0.05) is 12.1 Å². The Morgan fingerprint density at radius 1 is 1.03 bits per heavy atom. The van der Waals surface area contributed by atoms with E-state index in [4.69, 9.17) is 15.2 Å². The number of piperidine rings is 1. The van der Waals surface area contributed by atoms with Gasteiger partial charge in [-0.05, 0) is 69.8 Å². The summed E-state index contributed by atoms with van der Waals surface area (Å²) in [6.45, 7) is 9.42. The number of aromatic nitrogens is 2. The zero-order valence-corrected chi connectivity index (χ0v) is 22.7. The van der Waals surface area contributed by atoms with Crippen LogP contribution in [0.4, 0.5) is 0 Å². The molecule has 3 heterocycles. The number of nitrogens with zero attached hydrogens (tertiary/aromatic N) is 3. The van der Waals surface area contributed by atoms with E-state index in [1.807, 2.05) is 30.3 Å². The fraction of sp³-hybridized carbons (Fsp3) is 0.567. The van der Waals surface area contributed by atoms with Crippen molar-refractivity contribution in [2.24, 2.45) is 5.73 Å². The van der Waals surface area contributed by atoms with Gasteiger partial charge in [-0.3, -0.25) is 0 Å². The van der Waals surface area contributed by atoms with Crippen molar-refractivity contribution in [3.8, 4) is 0 Å². The van der Waals surface area contributed by atoms with Crippen molar-refractivity contribution in [1.82, 2.24) is 9.47 Å². The number of nitrogens with two attached hydrogens (primary N) is 1. The summed E-state index contributed by atoms with van der Waals surface area (Å²) in [5.74, 6) is 1.66. The Bertz CT molecular complexity index is 1190. The van der Waals surface area contributed by atoms with Crippen molar-refractivity contribution < 1.29 is 24.3 Å². The zero-order chi connectivity index (χ0) is 26.6. The number of aliphatic hydroxyl groups is 2. The van der Waals surface area contributed by atoms with E-state index < -0.39 is 24.6 Å². The second-order valence-electron chi connectivity index (χ2n) is 10.6. The molecule has 206 valence electrons. The van der Waals surface area contributed by atoms with E-state index in [9.17, 15) is 10.2 Å². The lowest BCUT2D eigenvalue weighted by Crippen LogP contribution is -2.49. The highest BCUT2D eigenvalue weighted by Gasteiger charge is 2.35. The van der Waals surface area contributed by atoms with Gasteiger partial charge in [0.05, 0.1) is 38.4 Å². The largest absolute Gasteiger partial charge is 0.389 e. The molecule has 4 N–H and O–H groups in total. The molecule has 8 nitrogen and oxygen atoms in total. The minimum Gasteiger partial charge on any atom is -0.389 e. The first-order valence-electron chi connectivity index (χ1n) is 14.2. The molecule has 2 saturated heterocycles. The predicted molar refractivity (Wildman–Crippen MR) is 146 cm³/mol. The lowest BCUT2D eigenvalue weighted by Gasteiger charge is -2.37. The Balaban J connectivity index is 1.18. The number of hydrogen-bond donors (Lipinski definition) is 3. The van der Waals surface area contributed by atoms with Gasteiger partial charge < -0.3 is 30.3 Å². The molecule has 8 heteroatoms. The van der Waals surface area contributed by atoms with Gasteiger partial charge in [-0.25, -0.2) is 9.13 Å². The average Bonchev–Trinajstić information content (AvgIpc) is 3.29. The van der Waals surface area contributed by atoms with Gasteiger partial charge in [0.15, 0.2) is 17.3 Å². The van der Waals surface area contributed by atoms with E-state index >= 15 is 0 Å². The highest BCUT2D eigenvalue weighted by Crippen LogP contribution is 2.32. The number of β-amino-alcohol motifs (C(OH)–C–C–N with tert-alkyl or cyclic N) is 1. The standard InChI is InChI=1S/C30H43N4O4/c1-3-33-24-11-10-23(18-25(24)34(4-2)28(33)19-31)21-12-15-32(16-13-21)20-26(35)29(36)27-14-17-37-30(38-27)22-8-6-5-7-9-22/h5-11,18,21,26-27,29-30,35-36H,3-4,12-17,19-20,31H2,1-2H3/q+1/t26-,27+,29+,30?/m0/s1. The van der Waals surface area contributed by atoms with Crippen molar-refractivity contribution in [3.63, 3.8) is 0 Å². The van der Waals surface area contributed by atoms with E-state index in [0.717, 1.165) is 44.6 Å². The van der Waals surface area contributed by atoms with Crippen LogP contribution in [-0.4, -0.2) is 64.2 Å². The molecule has 1 aromatic heterocycles. The second kappa shape index (κ2) is 12.2. The first-order valence-corrected chi connectivity index (χ1v) is 14.2. The molecule has 5 rings (SSSR count). The quantitative estimate of drug-likeness (QED) is 0.373. The summed E-state index contributed by atoms with van der Waals surface area (Å²) < 4.78 is 16.5. The second-order valence-corrected chi connectivity index (χ2v) is 10.6. The number of ether oxygens (including phenoxy) is 2. The molecule has 38 heavy (non-hydrogen) atoms. The number of aliphatic hydroxyl groups excluding tert-OH is 2. The van der Waals surface area contributed by atoms with Crippen molar-refractivity contribution in [1.29, 1.82) is 0 Å². The Hall–Kier alpha value is -2.33. The third-order valence-electron chi connectivity index (χ3n) is 8.34. The third-order valence-corrected chi connectivity index (χ3v) is 8.34. The molecule has 0 spiro atoms. The molecule has 2 fully saturated rings. The first kappa shape index (κ1) is 27.2. The van der Waals surface area contributed by atoms with Crippen LogP contribution in [0.3, 0.4) is 0 Å². The summed E-state index contributed by atoms with van der Waals surface area (Å²) in [5, 5.41) is 21.8.